The molecule has 1 aliphatic heterocycles. The van der Waals surface area contributed by atoms with Gasteiger partial charge in [-0.2, -0.15) is 0 Å². The van der Waals surface area contributed by atoms with Crippen molar-refractivity contribution in [2.45, 2.75) is 20.0 Å². The van der Waals surface area contributed by atoms with Crippen LogP contribution in [0.4, 0.5) is 5.95 Å². The van der Waals surface area contributed by atoms with Gasteiger partial charge in [-0.05, 0) is 43.7 Å². The molecule has 3 rings (SSSR count). The molecule has 0 aliphatic carbocycles. The SMILES string of the molecule is COc1cc(/C=C/C(=O)N2CCN(c3ncccn3)CC2)ccc1OC(C)C. The van der Waals surface area contributed by atoms with Gasteiger partial charge in [-0.15, -0.1) is 0 Å². The zero-order valence-corrected chi connectivity index (χ0v) is 16.5. The van der Waals surface area contributed by atoms with Crippen LogP contribution in [0.2, 0.25) is 0 Å². The molecule has 0 atom stereocenters. The summed E-state index contributed by atoms with van der Waals surface area (Å²) < 4.78 is 11.1. The first-order valence-corrected chi connectivity index (χ1v) is 9.40. The minimum absolute atomic E-state index is 0.00453. The second-order valence-electron chi connectivity index (χ2n) is 6.77. The van der Waals surface area contributed by atoms with Crippen molar-refractivity contribution < 1.29 is 14.3 Å². The summed E-state index contributed by atoms with van der Waals surface area (Å²) in [5, 5.41) is 0. The Morgan fingerprint density at radius 2 is 1.82 bits per heavy atom. The normalized spacial score (nSPS) is 14.6. The maximum Gasteiger partial charge on any atom is 0.246 e. The molecule has 1 aromatic heterocycles. The molecule has 0 radical (unpaired) electrons. The number of carbonyl (C=O) groups is 1. The van der Waals surface area contributed by atoms with Crippen LogP contribution in [0.15, 0.2) is 42.7 Å². The van der Waals surface area contributed by atoms with Crippen LogP contribution in [0.5, 0.6) is 11.5 Å². The highest BCUT2D eigenvalue weighted by Crippen LogP contribution is 2.29. The molecule has 1 saturated heterocycles. The molecule has 28 heavy (non-hydrogen) atoms. The van der Waals surface area contributed by atoms with Crippen LogP contribution in [0.1, 0.15) is 19.4 Å². The molecule has 1 fully saturated rings. The Morgan fingerprint density at radius 3 is 2.46 bits per heavy atom. The van der Waals surface area contributed by atoms with Gasteiger partial charge in [0.1, 0.15) is 0 Å². The minimum atomic E-state index is -0.00453. The van der Waals surface area contributed by atoms with Crippen LogP contribution < -0.4 is 14.4 Å². The highest BCUT2D eigenvalue weighted by atomic mass is 16.5. The lowest BCUT2D eigenvalue weighted by Gasteiger charge is -2.34. The van der Waals surface area contributed by atoms with Crippen molar-refractivity contribution in [3.05, 3.63) is 48.3 Å². The number of carbonyl (C=O) groups excluding carboxylic acids is 1. The summed E-state index contributed by atoms with van der Waals surface area (Å²) in [6.45, 7) is 6.67. The first-order valence-electron chi connectivity index (χ1n) is 9.40. The van der Waals surface area contributed by atoms with E-state index in [-0.39, 0.29) is 12.0 Å². The van der Waals surface area contributed by atoms with Crippen molar-refractivity contribution in [2.24, 2.45) is 0 Å². The minimum Gasteiger partial charge on any atom is -0.493 e. The maximum atomic E-state index is 12.5. The molecular formula is C21H26N4O3. The van der Waals surface area contributed by atoms with Gasteiger partial charge in [0, 0.05) is 44.6 Å². The zero-order valence-electron chi connectivity index (χ0n) is 16.5. The van der Waals surface area contributed by atoms with Crippen LogP contribution in [-0.4, -0.2) is 60.2 Å². The fourth-order valence-corrected chi connectivity index (χ4v) is 2.99. The number of nitrogens with zero attached hydrogens (tertiary/aromatic N) is 4. The van der Waals surface area contributed by atoms with Crippen molar-refractivity contribution >= 4 is 17.9 Å². The highest BCUT2D eigenvalue weighted by molar-refractivity contribution is 5.92. The van der Waals surface area contributed by atoms with Gasteiger partial charge >= 0.3 is 0 Å². The molecule has 2 aromatic rings. The van der Waals surface area contributed by atoms with E-state index < -0.39 is 0 Å². The summed E-state index contributed by atoms with van der Waals surface area (Å²) in [6, 6.07) is 7.44. The standard InChI is InChI=1S/C21H26N4O3/c1-16(2)28-18-7-5-17(15-19(18)27-3)6-8-20(26)24-11-13-25(14-12-24)21-22-9-4-10-23-21/h4-10,15-16H,11-14H2,1-3H3/b8-6+. The third-order valence-corrected chi connectivity index (χ3v) is 4.40. The van der Waals surface area contributed by atoms with E-state index in [1.807, 2.05) is 36.9 Å². The van der Waals surface area contributed by atoms with Crippen LogP contribution in [0.3, 0.4) is 0 Å². The van der Waals surface area contributed by atoms with Gasteiger partial charge < -0.3 is 19.3 Å². The number of methoxy groups -OCH3 is 1. The highest BCUT2D eigenvalue weighted by Gasteiger charge is 2.21. The predicted molar refractivity (Wildman–Crippen MR) is 109 cm³/mol. The van der Waals surface area contributed by atoms with Crippen molar-refractivity contribution in [2.75, 3.05) is 38.2 Å². The molecule has 2 heterocycles. The molecule has 0 N–H and O–H groups in total. The molecule has 0 bridgehead atoms. The average molecular weight is 382 g/mol. The number of amides is 1. The van der Waals surface area contributed by atoms with E-state index >= 15 is 0 Å². The molecule has 148 valence electrons. The number of rotatable bonds is 6. The average Bonchev–Trinajstić information content (AvgIpc) is 2.73. The zero-order chi connectivity index (χ0) is 19.9. The summed E-state index contributed by atoms with van der Waals surface area (Å²) in [4.78, 5) is 25.0. The second kappa shape index (κ2) is 9.21. The van der Waals surface area contributed by atoms with Gasteiger partial charge in [-0.3, -0.25) is 4.79 Å². The third-order valence-electron chi connectivity index (χ3n) is 4.40. The number of hydrogen-bond donors (Lipinski definition) is 0. The van der Waals surface area contributed by atoms with Crippen molar-refractivity contribution in [1.82, 2.24) is 14.9 Å². The van der Waals surface area contributed by atoms with Gasteiger partial charge in [0.2, 0.25) is 11.9 Å². The smallest absolute Gasteiger partial charge is 0.246 e. The van der Waals surface area contributed by atoms with Gasteiger partial charge in [0.25, 0.3) is 0 Å². The third kappa shape index (κ3) is 5.00. The molecule has 1 aliphatic rings. The lowest BCUT2D eigenvalue weighted by molar-refractivity contribution is -0.126. The summed E-state index contributed by atoms with van der Waals surface area (Å²) in [6.07, 6.45) is 6.93. The summed E-state index contributed by atoms with van der Waals surface area (Å²) in [5.74, 6) is 2.05. The van der Waals surface area contributed by atoms with E-state index in [0.717, 1.165) is 18.7 Å². The second-order valence-corrected chi connectivity index (χ2v) is 6.77. The van der Waals surface area contributed by atoms with Crippen LogP contribution in [0.25, 0.3) is 6.08 Å². The van der Waals surface area contributed by atoms with Crippen molar-refractivity contribution in [3.63, 3.8) is 0 Å². The van der Waals surface area contributed by atoms with Gasteiger partial charge in [0.05, 0.1) is 13.2 Å². The molecule has 1 amide bonds. The Labute approximate surface area is 165 Å². The Bertz CT molecular complexity index is 816. The first-order chi connectivity index (χ1) is 13.6. The molecule has 0 spiro atoms. The van der Waals surface area contributed by atoms with Crippen LogP contribution in [0, 0.1) is 0 Å². The monoisotopic (exact) mass is 382 g/mol. The fourth-order valence-electron chi connectivity index (χ4n) is 2.99. The summed E-state index contributed by atoms with van der Waals surface area (Å²) in [7, 11) is 1.61. The number of ether oxygens (including phenoxy) is 2. The first kappa shape index (κ1) is 19.7. The number of anilines is 1. The van der Waals surface area contributed by atoms with Gasteiger partial charge in [-0.1, -0.05) is 6.07 Å². The Kier molecular flexibility index (Phi) is 6.47. The molecule has 7 heteroatoms. The lowest BCUT2D eigenvalue weighted by atomic mass is 10.1. The molecule has 0 unspecified atom stereocenters. The number of aromatic nitrogens is 2. The molecule has 7 nitrogen and oxygen atoms in total. The van der Waals surface area contributed by atoms with Gasteiger partial charge in [0.15, 0.2) is 11.5 Å². The van der Waals surface area contributed by atoms with E-state index in [9.17, 15) is 4.79 Å². The Balaban J connectivity index is 1.58. The molecular weight excluding hydrogens is 356 g/mol. The van der Waals surface area contributed by atoms with Crippen molar-refractivity contribution in [1.29, 1.82) is 0 Å². The van der Waals surface area contributed by atoms with E-state index in [1.54, 1.807) is 37.7 Å². The Hall–Kier alpha value is -3.09. The van der Waals surface area contributed by atoms with E-state index in [2.05, 4.69) is 14.9 Å². The topological polar surface area (TPSA) is 67.8 Å². The van der Waals surface area contributed by atoms with Crippen molar-refractivity contribution in [3.8, 4) is 11.5 Å². The number of benzene rings is 1. The quantitative estimate of drug-likeness (QED) is 0.716. The summed E-state index contributed by atoms with van der Waals surface area (Å²) >= 11 is 0. The van der Waals surface area contributed by atoms with Crippen LogP contribution in [-0.2, 0) is 4.79 Å². The van der Waals surface area contributed by atoms with E-state index in [0.29, 0.717) is 30.5 Å². The maximum absolute atomic E-state index is 12.5. The van der Waals surface area contributed by atoms with E-state index in [1.165, 1.54) is 0 Å². The predicted octanol–water partition coefficient (Wildman–Crippen LogP) is 2.63. The fraction of sp³-hybridized carbons (Fsp3) is 0.381. The summed E-state index contributed by atoms with van der Waals surface area (Å²) in [5.41, 5.74) is 0.887. The molecule has 0 saturated carbocycles. The molecule has 1 aromatic carbocycles. The van der Waals surface area contributed by atoms with E-state index in [4.69, 9.17) is 9.47 Å². The number of hydrogen-bond acceptors (Lipinski definition) is 6. The largest absolute Gasteiger partial charge is 0.493 e. The Morgan fingerprint density at radius 1 is 1.11 bits per heavy atom. The van der Waals surface area contributed by atoms with Gasteiger partial charge in [-0.25, -0.2) is 9.97 Å². The van der Waals surface area contributed by atoms with Crippen LogP contribution >= 0.6 is 0 Å². The lowest BCUT2D eigenvalue weighted by Crippen LogP contribution is -2.48. The number of piperazine rings is 1.